The van der Waals surface area contributed by atoms with Crippen LogP contribution in [0.15, 0.2) is 48.9 Å². The maximum atomic E-state index is 5.92. The molecule has 2 aromatic heterocycles. The third kappa shape index (κ3) is 4.90. The molecular formula is C21H23N5O3. The Bertz CT molecular complexity index is 929. The van der Waals surface area contributed by atoms with Gasteiger partial charge in [0.1, 0.15) is 29.2 Å². The first-order valence-corrected chi connectivity index (χ1v) is 9.55. The summed E-state index contributed by atoms with van der Waals surface area (Å²) < 4.78 is 17.0. The van der Waals surface area contributed by atoms with Gasteiger partial charge in [-0.25, -0.2) is 9.97 Å². The fraction of sp³-hybridized carbons (Fsp3) is 0.333. The van der Waals surface area contributed by atoms with Gasteiger partial charge in [0, 0.05) is 44.4 Å². The lowest BCUT2D eigenvalue weighted by Gasteiger charge is -2.32. The quantitative estimate of drug-likeness (QED) is 0.630. The number of hydrogen-bond acceptors (Lipinski definition) is 8. The van der Waals surface area contributed by atoms with Crippen LogP contribution in [0.2, 0.25) is 0 Å². The van der Waals surface area contributed by atoms with E-state index in [1.807, 2.05) is 37.3 Å². The number of benzene rings is 1. The third-order valence-corrected chi connectivity index (χ3v) is 4.68. The van der Waals surface area contributed by atoms with E-state index in [2.05, 4.69) is 24.8 Å². The van der Waals surface area contributed by atoms with Gasteiger partial charge in [0.15, 0.2) is 0 Å². The zero-order chi connectivity index (χ0) is 20.1. The number of methoxy groups -OCH3 is 1. The number of ether oxygens (including phenoxy) is 3. The molecule has 0 amide bonds. The monoisotopic (exact) mass is 393 g/mol. The zero-order valence-electron chi connectivity index (χ0n) is 16.5. The van der Waals surface area contributed by atoms with E-state index in [9.17, 15) is 0 Å². The largest absolute Gasteiger partial charge is 0.497 e. The molecule has 3 heterocycles. The molecule has 0 spiro atoms. The maximum Gasteiger partial charge on any atom is 0.232 e. The van der Waals surface area contributed by atoms with Crippen molar-refractivity contribution in [3.63, 3.8) is 0 Å². The topological polar surface area (TPSA) is 82.5 Å². The SMILES string of the molecule is COc1ccc(Oc2cc(N3CCC(Oc4cnccn4)CC3)nc(C)n2)cc1. The van der Waals surface area contributed by atoms with Gasteiger partial charge in [-0.15, -0.1) is 0 Å². The summed E-state index contributed by atoms with van der Waals surface area (Å²) in [7, 11) is 1.64. The molecule has 0 atom stereocenters. The van der Waals surface area contributed by atoms with E-state index in [0.29, 0.717) is 23.3 Å². The van der Waals surface area contributed by atoms with Gasteiger partial charge in [-0.1, -0.05) is 0 Å². The van der Waals surface area contributed by atoms with Crippen molar-refractivity contribution in [1.82, 2.24) is 19.9 Å². The summed E-state index contributed by atoms with van der Waals surface area (Å²) in [5.41, 5.74) is 0. The molecule has 1 fully saturated rings. The Hall–Kier alpha value is -3.42. The van der Waals surface area contributed by atoms with Crippen LogP contribution in [0.5, 0.6) is 23.3 Å². The van der Waals surface area contributed by atoms with Gasteiger partial charge in [-0.05, 0) is 31.2 Å². The van der Waals surface area contributed by atoms with Crippen LogP contribution < -0.4 is 19.1 Å². The van der Waals surface area contributed by atoms with E-state index < -0.39 is 0 Å². The molecule has 4 rings (SSSR count). The molecule has 1 aliphatic heterocycles. The van der Waals surface area contributed by atoms with Crippen molar-refractivity contribution in [2.45, 2.75) is 25.9 Å². The van der Waals surface area contributed by atoms with Gasteiger partial charge in [0.25, 0.3) is 0 Å². The van der Waals surface area contributed by atoms with E-state index >= 15 is 0 Å². The molecule has 1 aromatic carbocycles. The Kier molecular flexibility index (Phi) is 5.69. The van der Waals surface area contributed by atoms with Crippen LogP contribution in [0.3, 0.4) is 0 Å². The average Bonchev–Trinajstić information content (AvgIpc) is 2.75. The van der Waals surface area contributed by atoms with Crippen LogP contribution >= 0.6 is 0 Å². The second kappa shape index (κ2) is 8.72. The molecule has 0 saturated carbocycles. The highest BCUT2D eigenvalue weighted by Gasteiger charge is 2.22. The van der Waals surface area contributed by atoms with Gasteiger partial charge in [-0.2, -0.15) is 4.98 Å². The number of aromatic nitrogens is 4. The molecule has 8 nitrogen and oxygen atoms in total. The van der Waals surface area contributed by atoms with Gasteiger partial charge >= 0.3 is 0 Å². The van der Waals surface area contributed by atoms with Crippen molar-refractivity contribution in [2.75, 3.05) is 25.1 Å². The van der Waals surface area contributed by atoms with Crippen LogP contribution in [0.1, 0.15) is 18.7 Å². The minimum atomic E-state index is 0.126. The van der Waals surface area contributed by atoms with Gasteiger partial charge in [-0.3, -0.25) is 4.98 Å². The molecule has 3 aromatic rings. The van der Waals surface area contributed by atoms with Crippen molar-refractivity contribution in [3.05, 3.63) is 54.7 Å². The predicted molar refractivity (Wildman–Crippen MR) is 108 cm³/mol. The maximum absolute atomic E-state index is 5.92. The zero-order valence-corrected chi connectivity index (χ0v) is 16.5. The molecule has 0 radical (unpaired) electrons. The first-order chi connectivity index (χ1) is 14.2. The fourth-order valence-corrected chi connectivity index (χ4v) is 3.22. The van der Waals surface area contributed by atoms with Gasteiger partial charge in [0.05, 0.1) is 13.3 Å². The van der Waals surface area contributed by atoms with Crippen LogP contribution in [-0.2, 0) is 0 Å². The van der Waals surface area contributed by atoms with E-state index in [1.54, 1.807) is 25.7 Å². The van der Waals surface area contributed by atoms with Crippen molar-refractivity contribution < 1.29 is 14.2 Å². The minimum Gasteiger partial charge on any atom is -0.497 e. The van der Waals surface area contributed by atoms with Crippen molar-refractivity contribution >= 4 is 5.82 Å². The molecule has 1 aliphatic rings. The third-order valence-electron chi connectivity index (χ3n) is 4.68. The second-order valence-electron chi connectivity index (χ2n) is 6.74. The van der Waals surface area contributed by atoms with E-state index in [1.165, 1.54) is 0 Å². The molecule has 29 heavy (non-hydrogen) atoms. The summed E-state index contributed by atoms with van der Waals surface area (Å²) in [5, 5.41) is 0. The Balaban J connectivity index is 1.40. The first kappa shape index (κ1) is 18.9. The van der Waals surface area contributed by atoms with Crippen LogP contribution in [0.4, 0.5) is 5.82 Å². The number of hydrogen-bond donors (Lipinski definition) is 0. The van der Waals surface area contributed by atoms with Crippen molar-refractivity contribution in [2.24, 2.45) is 0 Å². The highest BCUT2D eigenvalue weighted by Crippen LogP contribution is 2.27. The van der Waals surface area contributed by atoms with Gasteiger partial charge < -0.3 is 19.1 Å². The molecule has 1 saturated heterocycles. The standard InChI is InChI=1S/C21H23N5O3/c1-15-24-19(13-20(25-15)28-17-5-3-16(27-2)4-6-17)26-11-7-18(8-12-26)29-21-14-22-9-10-23-21/h3-6,9-10,13-14,18H,7-8,11-12H2,1-2H3. The van der Waals surface area contributed by atoms with Crippen LogP contribution in [-0.4, -0.2) is 46.2 Å². The molecule has 0 unspecified atom stereocenters. The number of piperidine rings is 1. The van der Waals surface area contributed by atoms with Crippen LogP contribution in [0, 0.1) is 6.92 Å². The minimum absolute atomic E-state index is 0.126. The summed E-state index contributed by atoms with van der Waals surface area (Å²) in [4.78, 5) is 19.4. The highest BCUT2D eigenvalue weighted by atomic mass is 16.5. The summed E-state index contributed by atoms with van der Waals surface area (Å²) in [6.45, 7) is 3.54. The Morgan fingerprint density at radius 3 is 2.41 bits per heavy atom. The predicted octanol–water partition coefficient (Wildman–Crippen LogP) is 3.42. The fourth-order valence-electron chi connectivity index (χ4n) is 3.22. The first-order valence-electron chi connectivity index (χ1n) is 9.55. The summed E-state index contributed by atoms with van der Waals surface area (Å²) in [5.74, 6) is 4.10. The summed E-state index contributed by atoms with van der Waals surface area (Å²) >= 11 is 0. The van der Waals surface area contributed by atoms with Crippen molar-refractivity contribution in [3.8, 4) is 23.3 Å². The lowest BCUT2D eigenvalue weighted by molar-refractivity contribution is 0.163. The second-order valence-corrected chi connectivity index (χ2v) is 6.74. The van der Waals surface area contributed by atoms with Crippen LogP contribution in [0.25, 0.3) is 0 Å². The summed E-state index contributed by atoms with van der Waals surface area (Å²) in [6.07, 6.45) is 6.81. The van der Waals surface area contributed by atoms with E-state index in [-0.39, 0.29) is 6.10 Å². The number of anilines is 1. The average molecular weight is 393 g/mol. The molecule has 0 bridgehead atoms. The molecule has 8 heteroatoms. The molecule has 0 aliphatic carbocycles. The molecular weight excluding hydrogens is 370 g/mol. The molecule has 0 N–H and O–H groups in total. The molecule has 150 valence electrons. The Morgan fingerprint density at radius 2 is 1.72 bits per heavy atom. The van der Waals surface area contributed by atoms with E-state index in [0.717, 1.165) is 37.5 Å². The number of rotatable bonds is 6. The van der Waals surface area contributed by atoms with E-state index in [4.69, 9.17) is 14.2 Å². The Morgan fingerprint density at radius 1 is 0.966 bits per heavy atom. The number of nitrogens with zero attached hydrogens (tertiary/aromatic N) is 5. The smallest absolute Gasteiger partial charge is 0.232 e. The lowest BCUT2D eigenvalue weighted by atomic mass is 10.1. The lowest BCUT2D eigenvalue weighted by Crippen LogP contribution is -2.39. The number of aryl methyl sites for hydroxylation is 1. The van der Waals surface area contributed by atoms with Gasteiger partial charge in [0.2, 0.25) is 11.8 Å². The summed E-state index contributed by atoms with van der Waals surface area (Å²) in [6, 6.07) is 9.29. The normalized spacial score (nSPS) is 14.5. The highest BCUT2D eigenvalue weighted by molar-refractivity contribution is 5.44. The van der Waals surface area contributed by atoms with Crippen molar-refractivity contribution in [1.29, 1.82) is 0 Å². The Labute approximate surface area is 169 Å².